The SMILES string of the molecule is [C-]#[N+]C(=CN1C(=O)c2ccccc2C1=O)C(=O)OCCCCCCCCCCCC. The Balaban J connectivity index is 1.70. The van der Waals surface area contributed by atoms with Crippen molar-refractivity contribution in [2.24, 2.45) is 0 Å². The normalized spacial score (nSPS) is 13.3. The molecule has 1 aromatic rings. The van der Waals surface area contributed by atoms with E-state index >= 15 is 0 Å². The first-order valence-corrected chi connectivity index (χ1v) is 10.8. The highest BCUT2D eigenvalue weighted by molar-refractivity contribution is 6.22. The van der Waals surface area contributed by atoms with Crippen molar-refractivity contribution in [1.29, 1.82) is 0 Å². The molecule has 0 radical (unpaired) electrons. The zero-order valence-electron chi connectivity index (χ0n) is 17.7. The lowest BCUT2D eigenvalue weighted by Gasteiger charge is -2.09. The van der Waals surface area contributed by atoms with Gasteiger partial charge in [-0.25, -0.2) is 4.85 Å². The molecule has 0 atom stereocenters. The number of amides is 2. The highest BCUT2D eigenvalue weighted by Crippen LogP contribution is 2.23. The molecule has 0 aliphatic carbocycles. The summed E-state index contributed by atoms with van der Waals surface area (Å²) in [6.07, 6.45) is 12.7. The Morgan fingerprint density at radius 3 is 1.93 bits per heavy atom. The van der Waals surface area contributed by atoms with Crippen LogP contribution in [0, 0.1) is 6.57 Å². The van der Waals surface area contributed by atoms with Crippen LogP contribution in [0.3, 0.4) is 0 Å². The van der Waals surface area contributed by atoms with Gasteiger partial charge < -0.3 is 4.74 Å². The van der Waals surface area contributed by atoms with Gasteiger partial charge in [0.2, 0.25) is 0 Å². The summed E-state index contributed by atoms with van der Waals surface area (Å²) in [5, 5.41) is 0. The van der Waals surface area contributed by atoms with E-state index in [9.17, 15) is 14.4 Å². The van der Waals surface area contributed by atoms with Crippen molar-refractivity contribution in [2.75, 3.05) is 6.61 Å². The van der Waals surface area contributed by atoms with E-state index in [0.29, 0.717) is 0 Å². The minimum Gasteiger partial charge on any atom is -0.471 e. The van der Waals surface area contributed by atoms with Gasteiger partial charge in [-0.2, -0.15) is 0 Å². The maximum absolute atomic E-state index is 12.3. The van der Waals surface area contributed by atoms with Crippen LogP contribution in [0.4, 0.5) is 0 Å². The number of fused-ring (bicyclic) bond motifs is 1. The molecule has 1 aliphatic heterocycles. The number of nitrogens with zero attached hydrogens (tertiary/aromatic N) is 2. The molecule has 0 bridgehead atoms. The Kier molecular flexibility index (Phi) is 9.79. The van der Waals surface area contributed by atoms with Crippen LogP contribution in [0.25, 0.3) is 4.85 Å². The Morgan fingerprint density at radius 2 is 1.43 bits per heavy atom. The number of unbranched alkanes of at least 4 members (excludes halogenated alkanes) is 9. The number of imide groups is 1. The Labute approximate surface area is 178 Å². The Hall–Kier alpha value is -2.94. The molecule has 2 amide bonds. The summed E-state index contributed by atoms with van der Waals surface area (Å²) in [5.41, 5.74) is 0.153. The summed E-state index contributed by atoms with van der Waals surface area (Å²) in [6, 6.07) is 6.41. The van der Waals surface area contributed by atoms with Gasteiger partial charge in [0.15, 0.2) is 0 Å². The van der Waals surface area contributed by atoms with Crippen molar-refractivity contribution in [2.45, 2.75) is 71.1 Å². The quantitative estimate of drug-likeness (QED) is 0.141. The van der Waals surface area contributed by atoms with Gasteiger partial charge >= 0.3 is 5.97 Å². The van der Waals surface area contributed by atoms with E-state index in [1.807, 2.05) is 0 Å². The van der Waals surface area contributed by atoms with Gasteiger partial charge in [0.25, 0.3) is 17.5 Å². The van der Waals surface area contributed by atoms with Gasteiger partial charge in [0.1, 0.15) is 0 Å². The molecule has 0 saturated heterocycles. The summed E-state index contributed by atoms with van der Waals surface area (Å²) in [4.78, 5) is 40.8. The van der Waals surface area contributed by atoms with Crippen molar-refractivity contribution < 1.29 is 19.1 Å². The van der Waals surface area contributed by atoms with E-state index in [1.165, 1.54) is 44.9 Å². The largest absolute Gasteiger partial charge is 0.471 e. The second-order valence-corrected chi connectivity index (χ2v) is 7.47. The van der Waals surface area contributed by atoms with E-state index in [2.05, 4.69) is 11.8 Å². The topological polar surface area (TPSA) is 68.0 Å². The van der Waals surface area contributed by atoms with Crippen LogP contribution in [-0.4, -0.2) is 29.3 Å². The lowest BCUT2D eigenvalue weighted by atomic mass is 10.1. The van der Waals surface area contributed by atoms with Crippen LogP contribution in [0.5, 0.6) is 0 Å². The minimum atomic E-state index is -0.808. The van der Waals surface area contributed by atoms with Crippen LogP contribution in [0.15, 0.2) is 36.2 Å². The molecule has 0 aromatic heterocycles. The first-order valence-electron chi connectivity index (χ1n) is 10.8. The zero-order valence-corrected chi connectivity index (χ0v) is 17.7. The molecule has 6 heteroatoms. The highest BCUT2D eigenvalue weighted by Gasteiger charge is 2.34. The summed E-state index contributed by atoms with van der Waals surface area (Å²) in [7, 11) is 0. The van der Waals surface area contributed by atoms with E-state index in [1.54, 1.807) is 24.3 Å². The van der Waals surface area contributed by atoms with Crippen LogP contribution < -0.4 is 0 Å². The number of carbonyl (C=O) groups excluding carboxylic acids is 3. The minimum absolute atomic E-state index is 0.226. The molecule has 1 aliphatic rings. The van der Waals surface area contributed by atoms with Crippen LogP contribution in [0.2, 0.25) is 0 Å². The average Bonchev–Trinajstić information content (AvgIpc) is 3.00. The van der Waals surface area contributed by atoms with Crippen molar-refractivity contribution in [3.8, 4) is 0 Å². The first-order chi connectivity index (χ1) is 14.6. The molecule has 0 saturated carbocycles. The Bertz CT molecular complexity index is 788. The van der Waals surface area contributed by atoms with Crippen molar-refractivity contribution in [3.05, 3.63) is 58.7 Å². The van der Waals surface area contributed by atoms with E-state index < -0.39 is 17.8 Å². The monoisotopic (exact) mass is 410 g/mol. The lowest BCUT2D eigenvalue weighted by molar-refractivity contribution is -0.138. The van der Waals surface area contributed by atoms with E-state index in [4.69, 9.17) is 11.3 Å². The second kappa shape index (κ2) is 12.6. The van der Waals surface area contributed by atoms with Gasteiger partial charge in [-0.3, -0.25) is 19.3 Å². The smallest absolute Gasteiger partial charge is 0.337 e. The van der Waals surface area contributed by atoms with Gasteiger partial charge in [-0.15, -0.1) is 0 Å². The summed E-state index contributed by atoms with van der Waals surface area (Å²) < 4.78 is 5.15. The molecule has 30 heavy (non-hydrogen) atoms. The lowest BCUT2D eigenvalue weighted by Crippen LogP contribution is -2.25. The molecule has 160 valence electrons. The molecule has 1 aromatic carbocycles. The maximum Gasteiger partial charge on any atom is 0.337 e. The van der Waals surface area contributed by atoms with Gasteiger partial charge in [-0.1, -0.05) is 76.8 Å². The number of rotatable bonds is 13. The molecule has 1 heterocycles. The summed E-state index contributed by atoms with van der Waals surface area (Å²) in [5.74, 6) is -1.89. The second-order valence-electron chi connectivity index (χ2n) is 7.47. The van der Waals surface area contributed by atoms with Crippen molar-refractivity contribution in [3.63, 3.8) is 0 Å². The highest BCUT2D eigenvalue weighted by atomic mass is 16.5. The molecular weight excluding hydrogens is 380 g/mol. The summed E-state index contributed by atoms with van der Waals surface area (Å²) in [6.45, 7) is 9.65. The number of hydrogen-bond acceptors (Lipinski definition) is 4. The third-order valence-electron chi connectivity index (χ3n) is 5.14. The van der Waals surface area contributed by atoms with Crippen LogP contribution >= 0.6 is 0 Å². The predicted octanol–water partition coefficient (Wildman–Crippen LogP) is 5.51. The van der Waals surface area contributed by atoms with E-state index in [0.717, 1.165) is 30.4 Å². The number of carbonyl (C=O) groups is 3. The van der Waals surface area contributed by atoms with Gasteiger partial charge in [-0.05, 0) is 18.6 Å². The third kappa shape index (κ3) is 6.55. The number of benzene rings is 1. The predicted molar refractivity (Wildman–Crippen MR) is 114 cm³/mol. The fourth-order valence-corrected chi connectivity index (χ4v) is 3.40. The molecule has 0 spiro atoms. The first kappa shape index (κ1) is 23.3. The van der Waals surface area contributed by atoms with E-state index in [-0.39, 0.29) is 23.4 Å². The Morgan fingerprint density at radius 1 is 0.933 bits per heavy atom. The van der Waals surface area contributed by atoms with Crippen molar-refractivity contribution in [1.82, 2.24) is 4.90 Å². The van der Waals surface area contributed by atoms with Gasteiger partial charge in [0.05, 0.1) is 24.3 Å². The molecule has 0 unspecified atom stereocenters. The molecular formula is C24H30N2O4. The molecule has 0 fully saturated rings. The van der Waals surface area contributed by atoms with Crippen LogP contribution in [0.1, 0.15) is 91.8 Å². The van der Waals surface area contributed by atoms with Gasteiger partial charge in [0, 0.05) is 6.20 Å². The maximum atomic E-state index is 12.3. The van der Waals surface area contributed by atoms with Crippen molar-refractivity contribution >= 4 is 17.8 Å². The van der Waals surface area contributed by atoms with Crippen LogP contribution in [-0.2, 0) is 9.53 Å². The average molecular weight is 411 g/mol. The molecule has 6 nitrogen and oxygen atoms in total. The number of esters is 1. The molecule has 0 N–H and O–H groups in total. The number of hydrogen-bond donors (Lipinski definition) is 0. The third-order valence-corrected chi connectivity index (χ3v) is 5.14. The zero-order chi connectivity index (χ0) is 21.8. The number of ether oxygens (including phenoxy) is 1. The fourth-order valence-electron chi connectivity index (χ4n) is 3.40. The standard InChI is InChI=1S/C24H30N2O4/c1-3-4-5-6-7-8-9-10-11-14-17-30-24(29)21(25-2)18-26-22(27)19-15-12-13-16-20(19)23(26)28/h12-13,15-16,18H,3-11,14,17H2,1H3. The molecule has 2 rings (SSSR count). The fraction of sp³-hybridized carbons (Fsp3) is 0.500. The summed E-state index contributed by atoms with van der Waals surface area (Å²) >= 11 is 0.